The first-order valence-electron chi connectivity index (χ1n) is 6.16. The third kappa shape index (κ3) is 8.86. The molecule has 9 heteroatoms. The first-order chi connectivity index (χ1) is 9.36. The minimum Gasteiger partial charge on any atom is -0.370 e. The summed E-state index contributed by atoms with van der Waals surface area (Å²) < 4.78 is 0. The smallest absolute Gasteiger partial charge is 0.237 e. The normalized spacial score (nSPS) is 13.1. The standard InChI is InChI=1S/C11H21N6O3/c12-8(3-4-9(13)19)10(20)17-7(6-18)2-1-5-16-11(14)15/h7-8H,1-5,12H2,(H2,13,19)(H,17,20)(H4,14,15,16)/t7-,8-/m0/s1. The Bertz CT molecular complexity index is 360. The van der Waals surface area contributed by atoms with Crippen LogP contribution in [0.2, 0.25) is 0 Å². The van der Waals surface area contributed by atoms with E-state index < -0.39 is 23.9 Å². The molecule has 0 aliphatic carbocycles. The molecule has 20 heavy (non-hydrogen) atoms. The van der Waals surface area contributed by atoms with Crippen LogP contribution in [0.3, 0.4) is 0 Å². The zero-order chi connectivity index (χ0) is 15.5. The van der Waals surface area contributed by atoms with Gasteiger partial charge in [-0.05, 0) is 19.3 Å². The van der Waals surface area contributed by atoms with Crippen LogP contribution < -0.4 is 27.8 Å². The second-order valence-corrected chi connectivity index (χ2v) is 4.27. The Morgan fingerprint density at radius 1 is 1.25 bits per heavy atom. The Hall–Kier alpha value is -2.16. The molecule has 2 amide bonds. The molecule has 0 heterocycles. The fourth-order valence-electron chi connectivity index (χ4n) is 1.40. The average Bonchev–Trinajstić information content (AvgIpc) is 2.38. The minimum atomic E-state index is -0.895. The maximum Gasteiger partial charge on any atom is 0.237 e. The molecule has 0 spiro atoms. The monoisotopic (exact) mass is 285 g/mol. The average molecular weight is 285 g/mol. The minimum absolute atomic E-state index is 0.00654. The van der Waals surface area contributed by atoms with Crippen LogP contribution in [0.15, 0.2) is 0 Å². The predicted octanol–water partition coefficient (Wildman–Crippen LogP) is -2.56. The third-order valence-electron chi connectivity index (χ3n) is 2.48. The Balaban J connectivity index is 4.01. The van der Waals surface area contributed by atoms with Crippen molar-refractivity contribution in [2.75, 3.05) is 6.54 Å². The van der Waals surface area contributed by atoms with E-state index in [0.29, 0.717) is 19.4 Å². The van der Waals surface area contributed by atoms with E-state index in [-0.39, 0.29) is 18.8 Å². The van der Waals surface area contributed by atoms with E-state index in [9.17, 15) is 14.4 Å². The highest BCUT2D eigenvalue weighted by Gasteiger charge is 2.18. The largest absolute Gasteiger partial charge is 0.370 e. The van der Waals surface area contributed by atoms with Crippen LogP contribution in [0.4, 0.5) is 0 Å². The van der Waals surface area contributed by atoms with Crippen LogP contribution in [0.25, 0.3) is 0 Å². The molecule has 0 aromatic carbocycles. The van der Waals surface area contributed by atoms with Crippen molar-refractivity contribution in [2.24, 2.45) is 17.2 Å². The molecule has 9 N–H and O–H groups in total. The van der Waals surface area contributed by atoms with Crippen molar-refractivity contribution in [3.63, 3.8) is 0 Å². The van der Waals surface area contributed by atoms with Gasteiger partial charge in [0.2, 0.25) is 18.1 Å². The number of nitrogens with two attached hydrogens (primary N) is 3. The lowest BCUT2D eigenvalue weighted by Gasteiger charge is -2.16. The zero-order valence-corrected chi connectivity index (χ0v) is 11.1. The van der Waals surface area contributed by atoms with E-state index in [4.69, 9.17) is 22.6 Å². The number of carbonyl (C=O) groups is 2. The fourth-order valence-corrected chi connectivity index (χ4v) is 1.40. The highest BCUT2D eigenvalue weighted by atomic mass is 16.2. The third-order valence-corrected chi connectivity index (χ3v) is 2.48. The van der Waals surface area contributed by atoms with Crippen molar-refractivity contribution >= 4 is 24.1 Å². The van der Waals surface area contributed by atoms with E-state index in [1.54, 1.807) is 6.29 Å². The zero-order valence-electron chi connectivity index (χ0n) is 11.1. The SMILES string of the molecule is N=C(N)NCCC[C@@H]([C]=O)NC(=O)[C@@H](N)CCC(N)=O. The van der Waals surface area contributed by atoms with Gasteiger partial charge in [-0.25, -0.2) is 0 Å². The molecule has 0 fully saturated rings. The summed E-state index contributed by atoms with van der Waals surface area (Å²) in [6, 6.07) is -1.68. The highest BCUT2D eigenvalue weighted by molar-refractivity contribution is 5.85. The lowest BCUT2D eigenvalue weighted by molar-refractivity contribution is -0.123. The molecule has 0 saturated heterocycles. The van der Waals surface area contributed by atoms with Gasteiger partial charge < -0.3 is 27.8 Å². The van der Waals surface area contributed by atoms with Gasteiger partial charge in [-0.2, -0.15) is 0 Å². The molecule has 0 aliphatic rings. The van der Waals surface area contributed by atoms with Gasteiger partial charge in [0, 0.05) is 13.0 Å². The predicted molar refractivity (Wildman–Crippen MR) is 73.2 cm³/mol. The molecule has 1 radical (unpaired) electrons. The van der Waals surface area contributed by atoms with E-state index in [1.807, 2.05) is 0 Å². The molecule has 113 valence electrons. The summed E-state index contributed by atoms with van der Waals surface area (Å²) in [6.45, 7) is 0.414. The van der Waals surface area contributed by atoms with Crippen molar-refractivity contribution in [1.82, 2.24) is 10.6 Å². The number of rotatable bonds is 10. The van der Waals surface area contributed by atoms with Gasteiger partial charge >= 0.3 is 0 Å². The first kappa shape index (κ1) is 17.8. The highest BCUT2D eigenvalue weighted by Crippen LogP contribution is 1.98. The van der Waals surface area contributed by atoms with Gasteiger partial charge in [-0.1, -0.05) is 0 Å². The molecule has 0 rings (SSSR count). The van der Waals surface area contributed by atoms with Crippen LogP contribution >= 0.6 is 0 Å². The maximum atomic E-state index is 11.6. The number of hydrogen-bond acceptors (Lipinski definition) is 5. The number of hydrogen-bond donors (Lipinski definition) is 6. The van der Waals surface area contributed by atoms with Crippen molar-refractivity contribution in [2.45, 2.75) is 37.8 Å². The van der Waals surface area contributed by atoms with Gasteiger partial charge in [-0.3, -0.25) is 19.8 Å². The molecule has 0 bridgehead atoms. The van der Waals surface area contributed by atoms with Gasteiger partial charge in [-0.15, -0.1) is 0 Å². The van der Waals surface area contributed by atoms with E-state index >= 15 is 0 Å². The Kier molecular flexibility index (Phi) is 8.68. The van der Waals surface area contributed by atoms with E-state index in [0.717, 1.165) is 0 Å². The van der Waals surface area contributed by atoms with Gasteiger partial charge in [0.05, 0.1) is 12.1 Å². The van der Waals surface area contributed by atoms with Crippen LogP contribution in [0, 0.1) is 5.41 Å². The summed E-state index contributed by atoms with van der Waals surface area (Å²) in [4.78, 5) is 32.9. The number of primary amides is 1. The summed E-state index contributed by atoms with van der Waals surface area (Å²) in [5, 5.41) is 11.9. The lowest BCUT2D eigenvalue weighted by atomic mass is 10.1. The number of guanidine groups is 1. The van der Waals surface area contributed by atoms with Crippen molar-refractivity contribution < 1.29 is 14.4 Å². The summed E-state index contributed by atoms with van der Waals surface area (Å²) in [6.07, 6.45) is 2.70. The number of amides is 2. The number of carbonyl (C=O) groups excluding carboxylic acids is 3. The van der Waals surface area contributed by atoms with Crippen LogP contribution in [-0.4, -0.2) is 42.7 Å². The second-order valence-electron chi connectivity index (χ2n) is 4.27. The molecular weight excluding hydrogens is 264 g/mol. The molecular formula is C11H21N6O3. The lowest BCUT2D eigenvalue weighted by Crippen LogP contribution is -2.46. The van der Waals surface area contributed by atoms with Crippen molar-refractivity contribution in [1.29, 1.82) is 5.41 Å². The van der Waals surface area contributed by atoms with Gasteiger partial charge in [0.25, 0.3) is 0 Å². The maximum absolute atomic E-state index is 11.6. The molecule has 2 atom stereocenters. The Morgan fingerprint density at radius 3 is 2.40 bits per heavy atom. The molecule has 0 aromatic rings. The molecule has 9 nitrogen and oxygen atoms in total. The number of nitrogens with one attached hydrogen (secondary N) is 3. The van der Waals surface area contributed by atoms with E-state index in [1.165, 1.54) is 0 Å². The fraction of sp³-hybridized carbons (Fsp3) is 0.636. The summed E-state index contributed by atoms with van der Waals surface area (Å²) in [7, 11) is 0. The summed E-state index contributed by atoms with van der Waals surface area (Å²) >= 11 is 0. The van der Waals surface area contributed by atoms with Crippen molar-refractivity contribution in [3.8, 4) is 0 Å². The van der Waals surface area contributed by atoms with Gasteiger partial charge in [0.1, 0.15) is 0 Å². The summed E-state index contributed by atoms with van der Waals surface area (Å²) in [5.41, 5.74) is 15.6. The van der Waals surface area contributed by atoms with Crippen LogP contribution in [0.1, 0.15) is 25.7 Å². The Morgan fingerprint density at radius 2 is 1.90 bits per heavy atom. The van der Waals surface area contributed by atoms with Gasteiger partial charge in [0.15, 0.2) is 5.96 Å². The topological polar surface area (TPSA) is 177 Å². The second kappa shape index (κ2) is 9.73. The van der Waals surface area contributed by atoms with Crippen molar-refractivity contribution in [3.05, 3.63) is 0 Å². The van der Waals surface area contributed by atoms with E-state index in [2.05, 4.69) is 10.6 Å². The summed E-state index contributed by atoms with van der Waals surface area (Å²) in [5.74, 6) is -1.23. The molecule has 0 unspecified atom stereocenters. The first-order valence-corrected chi connectivity index (χ1v) is 6.16. The Labute approximate surface area is 117 Å². The van der Waals surface area contributed by atoms with Crippen LogP contribution in [-0.2, 0) is 14.4 Å². The molecule has 0 aliphatic heterocycles. The molecule has 0 aromatic heterocycles. The van der Waals surface area contributed by atoms with Crippen LogP contribution in [0.5, 0.6) is 0 Å². The molecule has 0 saturated carbocycles. The quantitative estimate of drug-likeness (QED) is 0.146.